The zero-order chi connectivity index (χ0) is 25.9. The van der Waals surface area contributed by atoms with Gasteiger partial charge in [0.2, 0.25) is 0 Å². The summed E-state index contributed by atoms with van der Waals surface area (Å²) in [5.41, 5.74) is 5.70. The van der Waals surface area contributed by atoms with Crippen LogP contribution in [0.2, 0.25) is 5.02 Å². The number of hydrogen-bond donors (Lipinski definition) is 1. The Bertz CT molecular complexity index is 1400. The molecule has 8 heteroatoms. The van der Waals surface area contributed by atoms with Crippen LogP contribution in [-0.4, -0.2) is 50.3 Å². The van der Waals surface area contributed by atoms with Crippen LogP contribution in [0.3, 0.4) is 0 Å². The second kappa shape index (κ2) is 11.0. The van der Waals surface area contributed by atoms with Gasteiger partial charge in [0.1, 0.15) is 0 Å². The Morgan fingerprint density at radius 3 is 2.51 bits per heavy atom. The fourth-order valence-electron chi connectivity index (χ4n) is 4.74. The molecule has 1 amide bonds. The largest absolute Gasteiger partial charge is 0.481 e. The van der Waals surface area contributed by atoms with Crippen molar-refractivity contribution in [1.29, 1.82) is 0 Å². The van der Waals surface area contributed by atoms with Crippen molar-refractivity contribution in [2.75, 3.05) is 13.1 Å². The Kier molecular flexibility index (Phi) is 7.58. The molecule has 1 aromatic heterocycles. The number of nitrogens with zero attached hydrogens (tertiary/aromatic N) is 3. The van der Waals surface area contributed by atoms with Crippen LogP contribution >= 0.6 is 23.2 Å². The van der Waals surface area contributed by atoms with Gasteiger partial charge in [-0.15, -0.1) is 11.6 Å². The van der Waals surface area contributed by atoms with Crippen LogP contribution in [0.4, 0.5) is 0 Å². The number of unbranched alkanes of at least 4 members (excludes halogenated alkanes) is 1. The summed E-state index contributed by atoms with van der Waals surface area (Å²) in [4.78, 5) is 35.8. The minimum atomic E-state index is -0.802. The second-order valence-electron chi connectivity index (χ2n) is 9.55. The molecule has 2 aromatic carbocycles. The summed E-state index contributed by atoms with van der Waals surface area (Å²) >= 11 is 12.2. The first-order valence-corrected chi connectivity index (χ1v) is 13.3. The highest BCUT2D eigenvalue weighted by atomic mass is 35.5. The summed E-state index contributed by atoms with van der Waals surface area (Å²) in [5.74, 6) is -0.513. The van der Waals surface area contributed by atoms with Gasteiger partial charge in [-0.3, -0.25) is 9.59 Å². The van der Waals surface area contributed by atoms with Gasteiger partial charge in [0.05, 0.1) is 27.8 Å². The van der Waals surface area contributed by atoms with E-state index in [1.54, 1.807) is 0 Å². The number of allylic oxidation sites excluding steroid dienone is 4. The molecule has 0 bridgehead atoms. The Hall–Kier alpha value is -3.22. The first kappa shape index (κ1) is 25.4. The average Bonchev–Trinajstić information content (AvgIpc) is 2.86. The fraction of sp³-hybridized carbons (Fsp3) is 0.310. The van der Waals surface area contributed by atoms with E-state index in [4.69, 9.17) is 38.3 Å². The molecule has 2 aliphatic rings. The van der Waals surface area contributed by atoms with Gasteiger partial charge in [0.25, 0.3) is 5.91 Å². The van der Waals surface area contributed by atoms with Gasteiger partial charge in [-0.25, -0.2) is 9.97 Å². The minimum Gasteiger partial charge on any atom is -0.481 e. The number of rotatable bonds is 8. The maximum Gasteiger partial charge on any atom is 0.303 e. The number of aliphatic carboxylic acids is 1. The highest BCUT2D eigenvalue weighted by Gasteiger charge is 2.32. The number of carbonyl (C=O) groups excluding carboxylic acids is 1. The maximum absolute atomic E-state index is 13.2. The second-order valence-corrected chi connectivity index (χ2v) is 10.5. The van der Waals surface area contributed by atoms with Crippen molar-refractivity contribution >= 4 is 51.7 Å². The minimum absolute atomic E-state index is 0.0212. The first-order valence-electron chi connectivity index (χ1n) is 12.5. The molecule has 3 aromatic rings. The molecule has 2 heterocycles. The van der Waals surface area contributed by atoms with Crippen molar-refractivity contribution < 1.29 is 14.7 Å². The summed E-state index contributed by atoms with van der Waals surface area (Å²) in [7, 11) is 0. The highest BCUT2D eigenvalue weighted by molar-refractivity contribution is 6.30. The number of carboxylic acid groups (broad SMARTS) is 1. The van der Waals surface area contributed by atoms with E-state index in [1.807, 2.05) is 59.5 Å². The van der Waals surface area contributed by atoms with Crippen LogP contribution in [0.1, 0.15) is 58.9 Å². The molecule has 1 N–H and O–H groups in total. The SMILES string of the molecule is O=C(O)CCCCc1nc2cc(C(=O)N3CC(c4ccc(Cl)cc4)C3)ccc2nc1C1=CCC(Cl)C=C1. The van der Waals surface area contributed by atoms with Crippen LogP contribution < -0.4 is 0 Å². The highest BCUT2D eigenvalue weighted by Crippen LogP contribution is 2.31. The number of hydrogen-bond acceptors (Lipinski definition) is 4. The van der Waals surface area contributed by atoms with Gasteiger partial charge < -0.3 is 10.0 Å². The number of carboxylic acids is 1. The van der Waals surface area contributed by atoms with Gasteiger partial charge >= 0.3 is 5.97 Å². The predicted octanol–water partition coefficient (Wildman–Crippen LogP) is 6.27. The van der Waals surface area contributed by atoms with Crippen molar-refractivity contribution in [3.05, 3.63) is 88.2 Å². The van der Waals surface area contributed by atoms with Crippen molar-refractivity contribution in [1.82, 2.24) is 14.9 Å². The maximum atomic E-state index is 13.2. The topological polar surface area (TPSA) is 83.4 Å². The van der Waals surface area contributed by atoms with E-state index in [9.17, 15) is 9.59 Å². The molecule has 0 spiro atoms. The third-order valence-corrected chi connectivity index (χ3v) is 7.44. The van der Waals surface area contributed by atoms with E-state index in [1.165, 1.54) is 5.56 Å². The Balaban J connectivity index is 1.36. The molecule has 37 heavy (non-hydrogen) atoms. The molecule has 1 fully saturated rings. The third-order valence-electron chi connectivity index (χ3n) is 6.87. The standard InChI is InChI=1S/C29H27Cl2N3O3/c30-22-10-5-18(6-11-22)21-16-34(17-21)29(37)20-9-14-24-26(15-20)32-25(3-1-2-4-27(35)36)28(33-24)19-7-12-23(31)13-8-19/h5-12,14-15,21,23H,1-4,13,16-17H2,(H,35,36). The lowest BCUT2D eigenvalue weighted by atomic mass is 9.91. The van der Waals surface area contributed by atoms with E-state index in [0.29, 0.717) is 66.3 Å². The molecule has 1 unspecified atom stereocenters. The quantitative estimate of drug-likeness (QED) is 0.271. The molecular weight excluding hydrogens is 509 g/mol. The van der Waals surface area contributed by atoms with Gasteiger partial charge in [0.15, 0.2) is 0 Å². The van der Waals surface area contributed by atoms with Crippen LogP contribution in [0.5, 0.6) is 0 Å². The Labute approximate surface area is 225 Å². The molecular formula is C29H27Cl2N3O3. The van der Waals surface area contributed by atoms with E-state index in [-0.39, 0.29) is 17.7 Å². The summed E-state index contributed by atoms with van der Waals surface area (Å²) in [6, 6.07) is 13.3. The number of alkyl halides is 1. The van der Waals surface area contributed by atoms with E-state index in [2.05, 4.69) is 6.08 Å². The molecule has 0 radical (unpaired) electrons. The van der Waals surface area contributed by atoms with Gasteiger partial charge in [0, 0.05) is 36.0 Å². The molecule has 0 saturated carbocycles. The van der Waals surface area contributed by atoms with Crippen LogP contribution in [0, 0.1) is 0 Å². The van der Waals surface area contributed by atoms with Gasteiger partial charge in [-0.2, -0.15) is 0 Å². The number of fused-ring (bicyclic) bond motifs is 1. The summed E-state index contributed by atoms with van der Waals surface area (Å²) in [5, 5.41) is 9.65. The number of amides is 1. The lowest BCUT2D eigenvalue weighted by molar-refractivity contribution is -0.137. The smallest absolute Gasteiger partial charge is 0.303 e. The van der Waals surface area contributed by atoms with Crippen LogP contribution in [-0.2, 0) is 11.2 Å². The first-order chi connectivity index (χ1) is 17.9. The summed E-state index contributed by atoms with van der Waals surface area (Å²) < 4.78 is 0. The fourth-order valence-corrected chi connectivity index (χ4v) is 5.03. The van der Waals surface area contributed by atoms with Crippen molar-refractivity contribution in [3.63, 3.8) is 0 Å². The zero-order valence-electron chi connectivity index (χ0n) is 20.2. The van der Waals surface area contributed by atoms with Crippen molar-refractivity contribution in [2.24, 2.45) is 0 Å². The van der Waals surface area contributed by atoms with Crippen molar-refractivity contribution in [2.45, 2.75) is 43.4 Å². The number of halogens is 2. The number of benzene rings is 2. The predicted molar refractivity (Wildman–Crippen MR) is 146 cm³/mol. The Morgan fingerprint density at radius 2 is 1.81 bits per heavy atom. The molecule has 1 atom stereocenters. The van der Waals surface area contributed by atoms with Gasteiger partial charge in [-0.05, 0) is 67.2 Å². The van der Waals surface area contributed by atoms with Crippen LogP contribution in [0.25, 0.3) is 16.6 Å². The number of aryl methyl sites for hydroxylation is 1. The summed E-state index contributed by atoms with van der Waals surface area (Å²) in [6.07, 6.45) is 8.67. The average molecular weight is 536 g/mol. The number of carbonyl (C=O) groups is 2. The monoisotopic (exact) mass is 535 g/mol. The third kappa shape index (κ3) is 5.86. The molecule has 1 saturated heterocycles. The van der Waals surface area contributed by atoms with E-state index < -0.39 is 5.97 Å². The zero-order valence-corrected chi connectivity index (χ0v) is 21.8. The van der Waals surface area contributed by atoms with E-state index in [0.717, 1.165) is 17.0 Å². The number of aromatic nitrogens is 2. The van der Waals surface area contributed by atoms with Crippen LogP contribution in [0.15, 0.2) is 60.7 Å². The molecule has 6 nitrogen and oxygen atoms in total. The molecule has 190 valence electrons. The lowest BCUT2D eigenvalue weighted by Crippen LogP contribution is -2.48. The van der Waals surface area contributed by atoms with E-state index >= 15 is 0 Å². The normalized spacial score (nSPS) is 17.5. The Morgan fingerprint density at radius 1 is 1.03 bits per heavy atom. The summed E-state index contributed by atoms with van der Waals surface area (Å²) in [6.45, 7) is 1.33. The van der Waals surface area contributed by atoms with Gasteiger partial charge in [-0.1, -0.05) is 42.0 Å². The molecule has 5 rings (SSSR count). The number of likely N-dealkylation sites (tertiary alicyclic amines) is 1. The van der Waals surface area contributed by atoms with Crippen molar-refractivity contribution in [3.8, 4) is 0 Å². The lowest BCUT2D eigenvalue weighted by Gasteiger charge is -2.39. The molecule has 1 aliphatic carbocycles. The molecule has 1 aliphatic heterocycles.